The predicted molar refractivity (Wildman–Crippen MR) is 94.3 cm³/mol. The van der Waals surface area contributed by atoms with Crippen LogP contribution in [0.5, 0.6) is 0 Å². The maximum absolute atomic E-state index is 11.4. The van der Waals surface area contributed by atoms with E-state index < -0.39 is 23.2 Å². The van der Waals surface area contributed by atoms with E-state index in [2.05, 4.69) is 9.97 Å². The summed E-state index contributed by atoms with van der Waals surface area (Å²) in [4.78, 5) is 19.2. The van der Waals surface area contributed by atoms with Crippen molar-refractivity contribution in [3.63, 3.8) is 0 Å². The summed E-state index contributed by atoms with van der Waals surface area (Å²) >= 11 is 0. The van der Waals surface area contributed by atoms with Gasteiger partial charge in [-0.05, 0) is 45.3 Å². The first-order chi connectivity index (χ1) is 11.6. The average Bonchev–Trinajstić information content (AvgIpc) is 2.76. The predicted octanol–water partition coefficient (Wildman–Crippen LogP) is 1.93. The van der Waals surface area contributed by atoms with Crippen molar-refractivity contribution in [1.82, 2.24) is 9.97 Å². The molecule has 1 aromatic carbocycles. The van der Waals surface area contributed by atoms with E-state index in [1.54, 1.807) is 24.5 Å². The summed E-state index contributed by atoms with van der Waals surface area (Å²) < 4.78 is 12.0. The van der Waals surface area contributed by atoms with E-state index in [9.17, 15) is 10.1 Å². The number of nitrogens with zero attached hydrogens (tertiary/aromatic N) is 3. The number of nitrogen functional groups attached to an aromatic ring is 1. The van der Waals surface area contributed by atoms with Crippen molar-refractivity contribution in [2.75, 3.05) is 5.73 Å². The lowest BCUT2D eigenvalue weighted by Crippen LogP contribution is -2.41. The van der Waals surface area contributed by atoms with E-state index in [4.69, 9.17) is 15.0 Å². The molecule has 3 rings (SSSR count). The van der Waals surface area contributed by atoms with Gasteiger partial charge in [-0.2, -0.15) is 0 Å². The van der Waals surface area contributed by atoms with Gasteiger partial charge >= 0.3 is 7.12 Å². The highest BCUT2D eigenvalue weighted by molar-refractivity contribution is 6.62. The minimum atomic E-state index is -0.744. The summed E-state index contributed by atoms with van der Waals surface area (Å²) in [5, 5.41) is 11.4. The molecule has 2 heterocycles. The van der Waals surface area contributed by atoms with Gasteiger partial charge in [0.25, 0.3) is 5.69 Å². The van der Waals surface area contributed by atoms with Crippen LogP contribution < -0.4 is 11.2 Å². The third-order valence-electron chi connectivity index (χ3n) is 4.71. The van der Waals surface area contributed by atoms with Crippen molar-refractivity contribution in [2.45, 2.75) is 38.9 Å². The molecule has 1 aliphatic rings. The highest BCUT2D eigenvalue weighted by Gasteiger charge is 2.52. The number of nitrogens with two attached hydrogens (primary N) is 1. The first-order valence-electron chi connectivity index (χ1n) is 7.83. The van der Waals surface area contributed by atoms with Crippen LogP contribution in [0, 0.1) is 10.1 Å². The zero-order valence-electron chi connectivity index (χ0n) is 14.5. The molecule has 1 aromatic heterocycles. The lowest BCUT2D eigenvalue weighted by molar-refractivity contribution is -0.383. The third-order valence-corrected chi connectivity index (χ3v) is 4.71. The van der Waals surface area contributed by atoms with Gasteiger partial charge in [0.05, 0.1) is 16.1 Å². The van der Waals surface area contributed by atoms with E-state index in [0.29, 0.717) is 16.9 Å². The first kappa shape index (κ1) is 17.3. The second kappa shape index (κ2) is 5.78. The van der Waals surface area contributed by atoms with Gasteiger partial charge < -0.3 is 15.0 Å². The Hall–Kier alpha value is -2.52. The minimum Gasteiger partial charge on any atom is -0.399 e. The molecule has 2 N–H and O–H groups in total. The molecule has 8 nitrogen and oxygen atoms in total. The van der Waals surface area contributed by atoms with E-state index in [-0.39, 0.29) is 11.4 Å². The van der Waals surface area contributed by atoms with E-state index in [0.717, 1.165) is 0 Å². The van der Waals surface area contributed by atoms with Gasteiger partial charge in [-0.15, -0.1) is 0 Å². The van der Waals surface area contributed by atoms with Crippen molar-refractivity contribution in [2.24, 2.45) is 0 Å². The Morgan fingerprint density at radius 1 is 1.12 bits per heavy atom. The molecule has 9 heteroatoms. The van der Waals surface area contributed by atoms with Crippen LogP contribution in [0.3, 0.4) is 0 Å². The molecule has 1 aliphatic heterocycles. The fourth-order valence-electron chi connectivity index (χ4n) is 2.55. The van der Waals surface area contributed by atoms with Crippen molar-refractivity contribution >= 4 is 24.0 Å². The number of hydrogen-bond acceptors (Lipinski definition) is 7. The molecule has 0 bridgehead atoms. The number of nitro groups is 1. The van der Waals surface area contributed by atoms with E-state index in [1.807, 2.05) is 27.7 Å². The second-order valence-corrected chi connectivity index (χ2v) is 6.92. The van der Waals surface area contributed by atoms with Crippen molar-refractivity contribution < 1.29 is 14.2 Å². The summed E-state index contributed by atoms with van der Waals surface area (Å²) in [6.07, 6.45) is 3.10. The molecule has 0 atom stereocenters. The maximum atomic E-state index is 11.4. The monoisotopic (exact) mass is 342 g/mol. The number of rotatable bonds is 3. The molecule has 0 amide bonds. The Kier molecular flexibility index (Phi) is 4.00. The van der Waals surface area contributed by atoms with Gasteiger partial charge in [-0.25, -0.2) is 9.97 Å². The van der Waals surface area contributed by atoms with Gasteiger partial charge in [0.2, 0.25) is 0 Å². The Morgan fingerprint density at radius 3 is 2.20 bits per heavy atom. The van der Waals surface area contributed by atoms with Gasteiger partial charge in [0, 0.05) is 24.0 Å². The molecule has 130 valence electrons. The molecule has 2 aromatic rings. The maximum Gasteiger partial charge on any atom is 0.495 e. The standard InChI is InChI=1S/C16H19BN4O4/c1-15(2)16(3,4)25-17(24-15)10-8-11(14-19-6-5-7-20-14)13(18)12(9-10)21(22)23/h5-9H,18H2,1-4H3. The fourth-order valence-corrected chi connectivity index (χ4v) is 2.55. The van der Waals surface area contributed by atoms with Gasteiger partial charge in [0.15, 0.2) is 5.82 Å². The summed E-state index contributed by atoms with van der Waals surface area (Å²) in [5.41, 5.74) is 5.53. The number of aromatic nitrogens is 2. The van der Waals surface area contributed by atoms with Crippen molar-refractivity contribution in [1.29, 1.82) is 0 Å². The molecule has 0 unspecified atom stereocenters. The van der Waals surface area contributed by atoms with Crippen LogP contribution in [0.4, 0.5) is 11.4 Å². The molecular formula is C16H19BN4O4. The molecule has 1 saturated heterocycles. The van der Waals surface area contributed by atoms with Gasteiger partial charge in [0.1, 0.15) is 5.69 Å². The van der Waals surface area contributed by atoms with Crippen LogP contribution in [-0.2, 0) is 9.31 Å². The highest BCUT2D eigenvalue weighted by atomic mass is 16.7. The van der Waals surface area contributed by atoms with Crippen LogP contribution in [0.15, 0.2) is 30.6 Å². The summed E-state index contributed by atoms with van der Waals surface area (Å²) in [6, 6.07) is 4.72. The SMILES string of the molecule is CC1(C)OB(c2cc(-c3ncccn3)c(N)c([N+](=O)[O-])c2)OC1(C)C. The fraction of sp³-hybridized carbons (Fsp3) is 0.375. The Morgan fingerprint density at radius 2 is 1.68 bits per heavy atom. The van der Waals surface area contributed by atoms with Gasteiger partial charge in [-0.3, -0.25) is 10.1 Å². The molecule has 0 aliphatic carbocycles. The highest BCUT2D eigenvalue weighted by Crippen LogP contribution is 2.38. The normalized spacial score (nSPS) is 18.3. The van der Waals surface area contributed by atoms with Crippen molar-refractivity contribution in [3.8, 4) is 11.4 Å². The minimum absolute atomic E-state index is 0.0106. The smallest absolute Gasteiger partial charge is 0.399 e. The van der Waals surface area contributed by atoms with Crippen molar-refractivity contribution in [3.05, 3.63) is 40.7 Å². The van der Waals surface area contributed by atoms with Crippen LogP contribution in [0.1, 0.15) is 27.7 Å². The quantitative estimate of drug-likeness (QED) is 0.392. The summed E-state index contributed by atoms with van der Waals surface area (Å²) in [5.74, 6) is 0.307. The van der Waals surface area contributed by atoms with Crippen LogP contribution >= 0.6 is 0 Å². The molecule has 0 radical (unpaired) electrons. The summed E-state index contributed by atoms with van der Waals surface area (Å²) in [7, 11) is -0.744. The molecular weight excluding hydrogens is 323 g/mol. The Balaban J connectivity index is 2.13. The molecule has 1 fully saturated rings. The number of anilines is 1. The average molecular weight is 342 g/mol. The molecule has 25 heavy (non-hydrogen) atoms. The zero-order valence-corrected chi connectivity index (χ0v) is 14.5. The van der Waals surface area contributed by atoms with Gasteiger partial charge in [-0.1, -0.05) is 0 Å². The first-order valence-corrected chi connectivity index (χ1v) is 7.83. The Labute approximate surface area is 145 Å². The Bertz CT molecular complexity index is 810. The topological polar surface area (TPSA) is 113 Å². The largest absolute Gasteiger partial charge is 0.495 e. The number of benzene rings is 1. The van der Waals surface area contributed by atoms with Crippen LogP contribution in [0.2, 0.25) is 0 Å². The van der Waals surface area contributed by atoms with E-state index >= 15 is 0 Å². The lowest BCUT2D eigenvalue weighted by Gasteiger charge is -2.32. The molecule has 0 saturated carbocycles. The number of hydrogen-bond donors (Lipinski definition) is 1. The summed E-state index contributed by atoms with van der Waals surface area (Å²) in [6.45, 7) is 7.67. The lowest BCUT2D eigenvalue weighted by atomic mass is 9.77. The third kappa shape index (κ3) is 2.96. The second-order valence-electron chi connectivity index (χ2n) is 6.92. The van der Waals surface area contributed by atoms with E-state index in [1.165, 1.54) is 6.07 Å². The number of nitro benzene ring substituents is 1. The van der Waals surface area contributed by atoms with Crippen LogP contribution in [0.25, 0.3) is 11.4 Å². The molecule has 0 spiro atoms. The zero-order chi connectivity index (χ0) is 18.4. The van der Waals surface area contributed by atoms with Crippen LogP contribution in [-0.4, -0.2) is 33.2 Å².